The van der Waals surface area contributed by atoms with E-state index in [4.69, 9.17) is 0 Å². The number of likely N-dealkylation sites (tertiary alicyclic amines) is 1. The molecular weight excluding hydrogens is 361 g/mol. The van der Waals surface area contributed by atoms with Crippen molar-refractivity contribution in [1.29, 1.82) is 0 Å². The number of fused-ring (bicyclic) bond motifs is 4. The molecule has 2 N–H and O–H groups in total. The molecule has 4 rings (SSSR count). The average molecular weight is 387 g/mol. The van der Waals surface area contributed by atoms with Crippen LogP contribution in [0.2, 0.25) is 0 Å². The summed E-state index contributed by atoms with van der Waals surface area (Å²) in [6, 6.07) is 3.79. The van der Waals surface area contributed by atoms with E-state index in [0.717, 1.165) is 12.8 Å². The van der Waals surface area contributed by atoms with Crippen LogP contribution < -0.4 is 10.6 Å². The van der Waals surface area contributed by atoms with Gasteiger partial charge in [-0.3, -0.25) is 24.6 Å². The molecule has 0 bridgehead atoms. The van der Waals surface area contributed by atoms with Crippen molar-refractivity contribution in [1.82, 2.24) is 10.2 Å². The zero-order chi connectivity index (χ0) is 20.2. The molecule has 3 aliphatic rings. The van der Waals surface area contributed by atoms with Crippen LogP contribution in [0, 0.1) is 23.6 Å². The molecule has 4 atom stereocenters. The van der Waals surface area contributed by atoms with Gasteiger partial charge in [-0.15, -0.1) is 0 Å². The Morgan fingerprint density at radius 1 is 1.21 bits per heavy atom. The van der Waals surface area contributed by atoms with Crippen LogP contribution in [0.1, 0.15) is 45.6 Å². The largest absolute Gasteiger partial charge is 0.324 e. The molecular formula is C21H26FN3O3. The first-order valence-corrected chi connectivity index (χ1v) is 10.1. The number of rotatable bonds is 5. The molecule has 3 heterocycles. The number of imide groups is 1. The lowest BCUT2D eigenvalue weighted by atomic mass is 9.76. The minimum absolute atomic E-state index is 0.212. The maximum atomic E-state index is 14.1. The van der Waals surface area contributed by atoms with Crippen LogP contribution in [0.15, 0.2) is 18.2 Å². The van der Waals surface area contributed by atoms with Gasteiger partial charge >= 0.3 is 0 Å². The Bertz CT molecular complexity index is 855. The maximum Gasteiger partial charge on any atom is 0.250 e. The summed E-state index contributed by atoms with van der Waals surface area (Å²) in [5, 5.41) is 6.11. The Balaban J connectivity index is 1.84. The Labute approximate surface area is 163 Å². The summed E-state index contributed by atoms with van der Waals surface area (Å²) in [5.41, 5.74) is -0.470. The highest BCUT2D eigenvalue weighted by Gasteiger charge is 2.70. The van der Waals surface area contributed by atoms with E-state index in [1.165, 1.54) is 23.1 Å². The molecule has 3 aliphatic heterocycles. The Morgan fingerprint density at radius 3 is 2.64 bits per heavy atom. The van der Waals surface area contributed by atoms with Crippen LogP contribution in [-0.2, 0) is 19.9 Å². The van der Waals surface area contributed by atoms with Crippen molar-refractivity contribution in [3.63, 3.8) is 0 Å². The summed E-state index contributed by atoms with van der Waals surface area (Å²) in [6.45, 7) is 6.45. The summed E-state index contributed by atoms with van der Waals surface area (Å²) in [6.07, 6.45) is 2.24. The number of amides is 3. The van der Waals surface area contributed by atoms with Crippen molar-refractivity contribution in [2.24, 2.45) is 17.8 Å². The highest BCUT2D eigenvalue weighted by Crippen LogP contribution is 2.53. The number of hydrogen-bond acceptors (Lipinski definition) is 4. The van der Waals surface area contributed by atoms with E-state index in [9.17, 15) is 18.8 Å². The molecule has 1 spiro atoms. The standard InChI is InChI=1S/C21H26FN3O3/c1-4-5-8-25-18(26)16-15(9-11(2)3)24-21(17(16)19(25)27)13-10-12(22)6-7-14(13)23-20(21)28/h6-7,10-11,15-17,24H,4-5,8-9H2,1-3H3,(H,23,28)/t15-,16-,17+,21+/m1/s1. The number of carbonyl (C=O) groups is 3. The van der Waals surface area contributed by atoms with Gasteiger partial charge in [0.1, 0.15) is 11.4 Å². The molecule has 2 saturated heterocycles. The quantitative estimate of drug-likeness (QED) is 0.761. The van der Waals surface area contributed by atoms with Gasteiger partial charge in [-0.2, -0.15) is 0 Å². The van der Waals surface area contributed by atoms with Gasteiger partial charge < -0.3 is 5.32 Å². The van der Waals surface area contributed by atoms with Gasteiger partial charge in [0.05, 0.1) is 11.8 Å². The molecule has 6 nitrogen and oxygen atoms in total. The van der Waals surface area contributed by atoms with Crippen LogP contribution in [0.4, 0.5) is 10.1 Å². The maximum absolute atomic E-state index is 14.1. The van der Waals surface area contributed by atoms with Gasteiger partial charge in [-0.25, -0.2) is 4.39 Å². The van der Waals surface area contributed by atoms with E-state index in [-0.39, 0.29) is 29.7 Å². The zero-order valence-corrected chi connectivity index (χ0v) is 16.4. The lowest BCUT2D eigenvalue weighted by molar-refractivity contribution is -0.142. The minimum atomic E-state index is -1.39. The molecule has 7 heteroatoms. The third kappa shape index (κ3) is 2.52. The monoisotopic (exact) mass is 387 g/mol. The first-order chi connectivity index (χ1) is 13.3. The Morgan fingerprint density at radius 2 is 1.96 bits per heavy atom. The molecule has 0 radical (unpaired) electrons. The molecule has 0 aromatic heterocycles. The van der Waals surface area contributed by atoms with Crippen molar-refractivity contribution in [3.8, 4) is 0 Å². The normalized spacial score (nSPS) is 31.1. The smallest absolute Gasteiger partial charge is 0.250 e. The molecule has 3 amide bonds. The fourth-order valence-corrected chi connectivity index (χ4v) is 5.08. The lowest BCUT2D eigenvalue weighted by Gasteiger charge is -2.29. The van der Waals surface area contributed by atoms with Crippen molar-refractivity contribution in [2.75, 3.05) is 11.9 Å². The average Bonchev–Trinajstić information content (AvgIpc) is 3.19. The number of anilines is 1. The minimum Gasteiger partial charge on any atom is -0.324 e. The van der Waals surface area contributed by atoms with Crippen molar-refractivity contribution < 1.29 is 18.8 Å². The number of nitrogens with zero attached hydrogens (tertiary/aromatic N) is 1. The number of nitrogens with one attached hydrogen (secondary N) is 2. The van der Waals surface area contributed by atoms with E-state index in [1.807, 2.05) is 20.8 Å². The number of hydrogen-bond donors (Lipinski definition) is 2. The van der Waals surface area contributed by atoms with Crippen LogP contribution in [0.3, 0.4) is 0 Å². The number of carbonyl (C=O) groups excluding carboxylic acids is 3. The summed E-state index contributed by atoms with van der Waals surface area (Å²) in [5.74, 6) is -2.56. The van der Waals surface area contributed by atoms with E-state index in [2.05, 4.69) is 10.6 Å². The summed E-state index contributed by atoms with van der Waals surface area (Å²) in [4.78, 5) is 41.0. The second-order valence-electron chi connectivity index (χ2n) is 8.52. The number of halogens is 1. The van der Waals surface area contributed by atoms with E-state index >= 15 is 0 Å². The van der Waals surface area contributed by atoms with Gasteiger partial charge in [-0.1, -0.05) is 27.2 Å². The molecule has 0 aliphatic carbocycles. The summed E-state index contributed by atoms with van der Waals surface area (Å²) in [7, 11) is 0. The Kier molecular flexibility index (Phi) is 4.53. The number of unbranched alkanes of at least 4 members (excludes halogenated alkanes) is 1. The van der Waals surface area contributed by atoms with Gasteiger partial charge in [0.25, 0.3) is 0 Å². The van der Waals surface area contributed by atoms with Gasteiger partial charge in [0.2, 0.25) is 17.7 Å². The third-order valence-corrected chi connectivity index (χ3v) is 6.23. The predicted octanol–water partition coefficient (Wildman–Crippen LogP) is 2.39. The van der Waals surface area contributed by atoms with Crippen LogP contribution >= 0.6 is 0 Å². The predicted molar refractivity (Wildman–Crippen MR) is 102 cm³/mol. The highest BCUT2D eigenvalue weighted by molar-refractivity contribution is 6.15. The summed E-state index contributed by atoms with van der Waals surface area (Å²) >= 11 is 0. The third-order valence-electron chi connectivity index (χ3n) is 6.23. The van der Waals surface area contributed by atoms with E-state index in [0.29, 0.717) is 24.2 Å². The topological polar surface area (TPSA) is 78.5 Å². The second kappa shape index (κ2) is 6.65. The van der Waals surface area contributed by atoms with Crippen LogP contribution in [0.5, 0.6) is 0 Å². The fraction of sp³-hybridized carbons (Fsp3) is 0.571. The SMILES string of the molecule is CCCCN1C(=O)[C@H]2[C@@H](C1=O)[C@]1(N[C@@H]2CC(C)C)C(=O)Nc2ccc(F)cc21. The fourth-order valence-electron chi connectivity index (χ4n) is 5.08. The highest BCUT2D eigenvalue weighted by atomic mass is 19.1. The van der Waals surface area contributed by atoms with Gasteiger partial charge in [0.15, 0.2) is 0 Å². The molecule has 0 unspecified atom stereocenters. The molecule has 150 valence electrons. The second-order valence-corrected chi connectivity index (χ2v) is 8.52. The molecule has 2 fully saturated rings. The van der Waals surface area contributed by atoms with E-state index in [1.54, 1.807) is 0 Å². The lowest BCUT2D eigenvalue weighted by Crippen LogP contribution is -2.53. The molecule has 28 heavy (non-hydrogen) atoms. The van der Waals surface area contributed by atoms with Gasteiger partial charge in [-0.05, 0) is 37.0 Å². The van der Waals surface area contributed by atoms with Crippen molar-refractivity contribution in [3.05, 3.63) is 29.6 Å². The summed E-state index contributed by atoms with van der Waals surface area (Å²) < 4.78 is 14.1. The molecule has 1 aromatic rings. The van der Waals surface area contributed by atoms with Crippen LogP contribution in [-0.4, -0.2) is 35.2 Å². The molecule has 1 aromatic carbocycles. The Hall–Kier alpha value is -2.28. The van der Waals surface area contributed by atoms with Gasteiger partial charge in [0, 0.05) is 23.8 Å². The van der Waals surface area contributed by atoms with Crippen molar-refractivity contribution in [2.45, 2.75) is 51.6 Å². The van der Waals surface area contributed by atoms with E-state index < -0.39 is 23.2 Å². The molecule has 0 saturated carbocycles. The first-order valence-electron chi connectivity index (χ1n) is 10.1. The zero-order valence-electron chi connectivity index (χ0n) is 16.4. The van der Waals surface area contributed by atoms with Crippen LogP contribution in [0.25, 0.3) is 0 Å². The first kappa shape index (κ1) is 19.1. The van der Waals surface area contributed by atoms with Crippen molar-refractivity contribution >= 4 is 23.4 Å². The number of benzene rings is 1.